The number of carbonyl (C=O) groups excluding carboxylic acids is 1. The molecule has 1 atom stereocenters. The molecule has 1 aromatic carbocycles. The Morgan fingerprint density at radius 1 is 1.62 bits per heavy atom. The Morgan fingerprint density at radius 2 is 2.31 bits per heavy atom. The van der Waals surface area contributed by atoms with Crippen LogP contribution in [0.3, 0.4) is 0 Å². The van der Waals surface area contributed by atoms with Crippen molar-refractivity contribution < 1.29 is 14.6 Å². The van der Waals surface area contributed by atoms with Gasteiger partial charge in [-0.1, -0.05) is 6.07 Å². The molecular formula is C9H11NO3. The molecule has 0 fully saturated rings. The second kappa shape index (κ2) is 3.80. The van der Waals surface area contributed by atoms with Crippen LogP contribution in [0.2, 0.25) is 0 Å². The van der Waals surface area contributed by atoms with Gasteiger partial charge in [0.25, 0.3) is 5.91 Å². The quantitative estimate of drug-likeness (QED) is 0.718. The number of ether oxygens (including phenoxy) is 1. The van der Waals surface area contributed by atoms with E-state index in [0.29, 0.717) is 5.75 Å². The summed E-state index contributed by atoms with van der Waals surface area (Å²) < 4.78 is 5.12. The van der Waals surface area contributed by atoms with E-state index >= 15 is 0 Å². The molecule has 0 aliphatic heterocycles. The number of rotatable bonds is 3. The molecule has 1 amide bonds. The number of phenolic OH excluding ortho intramolecular Hbond substituents is 1. The molecule has 1 rings (SSSR count). The van der Waals surface area contributed by atoms with Crippen LogP contribution in [-0.2, 0) is 4.79 Å². The van der Waals surface area contributed by atoms with Crippen molar-refractivity contribution in [2.24, 2.45) is 5.73 Å². The number of hydrogen-bond acceptors (Lipinski definition) is 3. The molecule has 13 heavy (non-hydrogen) atoms. The van der Waals surface area contributed by atoms with Crippen LogP contribution in [0.5, 0.6) is 11.5 Å². The lowest BCUT2D eigenvalue weighted by atomic mass is 10.3. The first-order valence-corrected chi connectivity index (χ1v) is 3.84. The summed E-state index contributed by atoms with van der Waals surface area (Å²) in [6, 6.07) is 6.19. The van der Waals surface area contributed by atoms with Gasteiger partial charge in [0, 0.05) is 6.07 Å². The summed E-state index contributed by atoms with van der Waals surface area (Å²) in [5.74, 6) is -0.0242. The third kappa shape index (κ3) is 2.66. The van der Waals surface area contributed by atoms with Crippen molar-refractivity contribution in [2.75, 3.05) is 0 Å². The fraction of sp³-hybridized carbons (Fsp3) is 0.222. The summed E-state index contributed by atoms with van der Waals surface area (Å²) in [6.07, 6.45) is -0.693. The Bertz CT molecular complexity index is 311. The number of primary amides is 1. The lowest BCUT2D eigenvalue weighted by Crippen LogP contribution is -2.30. The Kier molecular flexibility index (Phi) is 2.74. The maximum absolute atomic E-state index is 10.6. The van der Waals surface area contributed by atoms with E-state index in [1.165, 1.54) is 12.1 Å². The fourth-order valence-corrected chi connectivity index (χ4v) is 0.819. The van der Waals surface area contributed by atoms with Gasteiger partial charge >= 0.3 is 0 Å². The number of amides is 1. The van der Waals surface area contributed by atoms with E-state index in [1.807, 2.05) is 0 Å². The van der Waals surface area contributed by atoms with Crippen LogP contribution in [-0.4, -0.2) is 17.1 Å². The Balaban J connectivity index is 2.69. The average Bonchev–Trinajstić information content (AvgIpc) is 2.04. The minimum Gasteiger partial charge on any atom is -0.508 e. The number of nitrogens with two attached hydrogens (primary N) is 1. The predicted octanol–water partition coefficient (Wildman–Crippen LogP) is 0.645. The highest BCUT2D eigenvalue weighted by Crippen LogP contribution is 2.18. The van der Waals surface area contributed by atoms with Gasteiger partial charge in [0.2, 0.25) is 0 Å². The maximum atomic E-state index is 10.6. The van der Waals surface area contributed by atoms with Crippen molar-refractivity contribution in [3.05, 3.63) is 24.3 Å². The summed E-state index contributed by atoms with van der Waals surface area (Å²) in [5.41, 5.74) is 5.00. The molecule has 0 heterocycles. The summed E-state index contributed by atoms with van der Waals surface area (Å²) in [4.78, 5) is 10.6. The molecule has 1 aromatic rings. The van der Waals surface area contributed by atoms with E-state index in [1.54, 1.807) is 19.1 Å². The monoisotopic (exact) mass is 181 g/mol. The highest BCUT2D eigenvalue weighted by Gasteiger charge is 2.09. The van der Waals surface area contributed by atoms with Gasteiger partial charge in [0.15, 0.2) is 6.10 Å². The predicted molar refractivity (Wildman–Crippen MR) is 47.4 cm³/mol. The van der Waals surface area contributed by atoms with E-state index in [0.717, 1.165) is 0 Å². The van der Waals surface area contributed by atoms with Gasteiger partial charge in [-0.25, -0.2) is 0 Å². The van der Waals surface area contributed by atoms with Gasteiger partial charge in [0.05, 0.1) is 0 Å². The minimum atomic E-state index is -0.693. The van der Waals surface area contributed by atoms with E-state index in [4.69, 9.17) is 15.6 Å². The molecule has 4 nitrogen and oxygen atoms in total. The largest absolute Gasteiger partial charge is 0.508 e. The fourth-order valence-electron chi connectivity index (χ4n) is 0.819. The summed E-state index contributed by atoms with van der Waals surface area (Å²) in [6.45, 7) is 1.55. The highest BCUT2D eigenvalue weighted by atomic mass is 16.5. The van der Waals surface area contributed by atoms with Gasteiger partial charge in [0.1, 0.15) is 11.5 Å². The average molecular weight is 181 g/mol. The maximum Gasteiger partial charge on any atom is 0.258 e. The number of phenols is 1. The first-order valence-electron chi connectivity index (χ1n) is 3.84. The molecule has 4 heteroatoms. The first kappa shape index (κ1) is 9.38. The second-order valence-corrected chi connectivity index (χ2v) is 2.66. The third-order valence-electron chi connectivity index (χ3n) is 1.53. The SMILES string of the molecule is C[C@@H](Oc1cccc(O)c1)C(N)=O. The van der Waals surface area contributed by atoms with Crippen LogP contribution in [0.4, 0.5) is 0 Å². The number of benzene rings is 1. The molecule has 0 saturated heterocycles. The van der Waals surface area contributed by atoms with Gasteiger partial charge in [-0.3, -0.25) is 4.79 Å². The molecule has 0 saturated carbocycles. The lowest BCUT2D eigenvalue weighted by molar-refractivity contribution is -0.123. The van der Waals surface area contributed by atoms with Crippen molar-refractivity contribution in [2.45, 2.75) is 13.0 Å². The summed E-state index contributed by atoms with van der Waals surface area (Å²) in [5, 5.41) is 9.07. The van der Waals surface area contributed by atoms with E-state index in [2.05, 4.69) is 0 Å². The molecule has 0 spiro atoms. The molecule has 0 aliphatic rings. The van der Waals surface area contributed by atoms with Crippen LogP contribution in [0, 0.1) is 0 Å². The number of carbonyl (C=O) groups is 1. The molecule has 3 N–H and O–H groups in total. The molecule has 0 aliphatic carbocycles. The topological polar surface area (TPSA) is 72.6 Å². The van der Waals surface area contributed by atoms with Crippen LogP contribution in [0.1, 0.15) is 6.92 Å². The Morgan fingerprint density at radius 3 is 2.85 bits per heavy atom. The third-order valence-corrected chi connectivity index (χ3v) is 1.53. The van der Waals surface area contributed by atoms with Crippen LogP contribution in [0.15, 0.2) is 24.3 Å². The van der Waals surface area contributed by atoms with Gasteiger partial charge in [-0.2, -0.15) is 0 Å². The molecular weight excluding hydrogens is 170 g/mol. The molecule has 0 unspecified atom stereocenters. The van der Waals surface area contributed by atoms with Crippen LogP contribution < -0.4 is 10.5 Å². The number of hydrogen-bond donors (Lipinski definition) is 2. The van der Waals surface area contributed by atoms with Crippen molar-refractivity contribution in [3.8, 4) is 11.5 Å². The van der Waals surface area contributed by atoms with Crippen molar-refractivity contribution in [3.63, 3.8) is 0 Å². The molecule has 70 valence electrons. The lowest BCUT2D eigenvalue weighted by Gasteiger charge is -2.10. The van der Waals surface area contributed by atoms with Gasteiger partial charge in [-0.05, 0) is 19.1 Å². The van der Waals surface area contributed by atoms with Crippen molar-refractivity contribution in [1.82, 2.24) is 0 Å². The standard InChI is InChI=1S/C9H11NO3/c1-6(9(10)12)13-8-4-2-3-7(11)5-8/h2-6,11H,1H3,(H2,10,12)/t6-/m1/s1. The second-order valence-electron chi connectivity index (χ2n) is 2.66. The van der Waals surface area contributed by atoms with Crippen LogP contribution in [0.25, 0.3) is 0 Å². The minimum absolute atomic E-state index is 0.0918. The summed E-state index contributed by atoms with van der Waals surface area (Å²) in [7, 11) is 0. The zero-order valence-corrected chi connectivity index (χ0v) is 7.23. The van der Waals surface area contributed by atoms with Crippen molar-refractivity contribution in [1.29, 1.82) is 0 Å². The van der Waals surface area contributed by atoms with Gasteiger partial charge in [-0.15, -0.1) is 0 Å². The Labute approximate surface area is 75.9 Å². The van der Waals surface area contributed by atoms with E-state index in [-0.39, 0.29) is 5.75 Å². The normalized spacial score (nSPS) is 12.1. The van der Waals surface area contributed by atoms with E-state index in [9.17, 15) is 4.79 Å². The first-order chi connectivity index (χ1) is 6.09. The Hall–Kier alpha value is -1.71. The zero-order valence-electron chi connectivity index (χ0n) is 7.23. The van der Waals surface area contributed by atoms with E-state index < -0.39 is 12.0 Å². The zero-order chi connectivity index (χ0) is 9.84. The molecule has 0 aromatic heterocycles. The molecule has 0 bridgehead atoms. The molecule has 0 radical (unpaired) electrons. The smallest absolute Gasteiger partial charge is 0.258 e. The highest BCUT2D eigenvalue weighted by molar-refractivity contribution is 5.78. The van der Waals surface area contributed by atoms with Crippen molar-refractivity contribution >= 4 is 5.91 Å². The van der Waals surface area contributed by atoms with Crippen LogP contribution >= 0.6 is 0 Å². The van der Waals surface area contributed by atoms with Gasteiger partial charge < -0.3 is 15.6 Å². The number of aromatic hydroxyl groups is 1. The summed E-state index contributed by atoms with van der Waals surface area (Å²) >= 11 is 0.